The van der Waals surface area contributed by atoms with Crippen molar-refractivity contribution in [1.29, 1.82) is 0 Å². The van der Waals surface area contributed by atoms with Crippen LogP contribution in [0.2, 0.25) is 5.02 Å². The molecule has 2 N–H and O–H groups in total. The lowest BCUT2D eigenvalue weighted by atomic mass is 10.3. The van der Waals surface area contributed by atoms with Gasteiger partial charge in [-0.1, -0.05) is 17.7 Å². The van der Waals surface area contributed by atoms with Crippen molar-refractivity contribution >= 4 is 27.3 Å². The van der Waals surface area contributed by atoms with E-state index in [1.54, 1.807) is 13.2 Å². The molecule has 0 radical (unpaired) electrons. The Hall–Kier alpha value is -0.820. The molecule has 1 aliphatic rings. The minimum Gasteiger partial charge on any atom is -0.398 e. The zero-order valence-electron chi connectivity index (χ0n) is 9.97. The molecule has 18 heavy (non-hydrogen) atoms. The highest BCUT2D eigenvalue weighted by Gasteiger charge is 2.34. The first-order valence-electron chi connectivity index (χ1n) is 5.53. The summed E-state index contributed by atoms with van der Waals surface area (Å²) < 4.78 is 31.4. The highest BCUT2D eigenvalue weighted by Crippen LogP contribution is 2.31. The van der Waals surface area contributed by atoms with Gasteiger partial charge < -0.3 is 10.5 Å². The number of hydrogen-bond acceptors (Lipinski definition) is 4. The van der Waals surface area contributed by atoms with Crippen LogP contribution in [0.4, 0.5) is 5.69 Å². The summed E-state index contributed by atoms with van der Waals surface area (Å²) in [6, 6.07) is 4.68. The minimum atomic E-state index is -3.65. The van der Waals surface area contributed by atoms with E-state index in [1.165, 1.54) is 16.4 Å². The first-order chi connectivity index (χ1) is 8.46. The third kappa shape index (κ3) is 2.33. The van der Waals surface area contributed by atoms with Gasteiger partial charge in [0.25, 0.3) is 0 Å². The van der Waals surface area contributed by atoms with Gasteiger partial charge in [0.1, 0.15) is 4.90 Å². The topological polar surface area (TPSA) is 72.6 Å². The monoisotopic (exact) mass is 290 g/mol. The zero-order valence-corrected chi connectivity index (χ0v) is 11.5. The maximum absolute atomic E-state index is 12.4. The molecule has 2 rings (SSSR count). The highest BCUT2D eigenvalue weighted by molar-refractivity contribution is 7.89. The average molecular weight is 291 g/mol. The Balaban J connectivity index is 2.38. The van der Waals surface area contributed by atoms with E-state index in [9.17, 15) is 8.42 Å². The summed E-state index contributed by atoms with van der Waals surface area (Å²) >= 11 is 5.95. The fourth-order valence-corrected chi connectivity index (χ4v) is 4.16. The van der Waals surface area contributed by atoms with Crippen molar-refractivity contribution < 1.29 is 13.2 Å². The van der Waals surface area contributed by atoms with Crippen molar-refractivity contribution in [2.75, 3.05) is 25.9 Å². The summed E-state index contributed by atoms with van der Waals surface area (Å²) in [7, 11) is -2.07. The zero-order chi connectivity index (χ0) is 13.3. The van der Waals surface area contributed by atoms with E-state index in [0.717, 1.165) is 0 Å². The van der Waals surface area contributed by atoms with Gasteiger partial charge in [-0.2, -0.15) is 4.31 Å². The van der Waals surface area contributed by atoms with Crippen LogP contribution in [0.15, 0.2) is 23.1 Å². The molecule has 100 valence electrons. The molecule has 1 saturated heterocycles. The van der Waals surface area contributed by atoms with Crippen molar-refractivity contribution in [1.82, 2.24) is 4.31 Å². The van der Waals surface area contributed by atoms with E-state index < -0.39 is 10.0 Å². The molecule has 1 atom stereocenters. The Morgan fingerprint density at radius 3 is 2.78 bits per heavy atom. The van der Waals surface area contributed by atoms with Gasteiger partial charge in [-0.05, 0) is 18.6 Å². The third-order valence-corrected chi connectivity index (χ3v) is 5.45. The molecule has 1 heterocycles. The van der Waals surface area contributed by atoms with Crippen LogP contribution in [-0.4, -0.2) is 39.0 Å². The first kappa shape index (κ1) is 13.6. The fraction of sp³-hybridized carbons (Fsp3) is 0.455. The number of benzene rings is 1. The van der Waals surface area contributed by atoms with Crippen LogP contribution < -0.4 is 5.73 Å². The van der Waals surface area contributed by atoms with Gasteiger partial charge in [0.05, 0.1) is 16.8 Å². The summed E-state index contributed by atoms with van der Waals surface area (Å²) in [6.45, 7) is 0.759. The molecule has 0 amide bonds. The molecular weight excluding hydrogens is 276 g/mol. The van der Waals surface area contributed by atoms with Crippen LogP contribution in [0.1, 0.15) is 6.42 Å². The van der Waals surface area contributed by atoms with Crippen molar-refractivity contribution in [2.45, 2.75) is 17.4 Å². The fourth-order valence-electron chi connectivity index (χ4n) is 2.04. The van der Waals surface area contributed by atoms with E-state index in [0.29, 0.717) is 19.5 Å². The summed E-state index contributed by atoms with van der Waals surface area (Å²) in [6.07, 6.45) is 0.614. The van der Waals surface area contributed by atoms with Gasteiger partial charge in [-0.3, -0.25) is 0 Å². The molecule has 0 aliphatic carbocycles. The molecule has 0 spiro atoms. The van der Waals surface area contributed by atoms with Crippen LogP contribution in [-0.2, 0) is 14.8 Å². The van der Waals surface area contributed by atoms with E-state index in [1.807, 2.05) is 0 Å². The lowest BCUT2D eigenvalue weighted by Gasteiger charge is -2.18. The average Bonchev–Trinajstić information content (AvgIpc) is 2.77. The van der Waals surface area contributed by atoms with Gasteiger partial charge in [0.15, 0.2) is 0 Å². The minimum absolute atomic E-state index is 0.0107. The van der Waals surface area contributed by atoms with Crippen molar-refractivity contribution in [2.24, 2.45) is 0 Å². The Morgan fingerprint density at radius 1 is 1.50 bits per heavy atom. The molecule has 1 aliphatic heterocycles. The Labute approximate surface area is 112 Å². The van der Waals surface area contributed by atoms with Crippen molar-refractivity contribution in [3.8, 4) is 0 Å². The first-order valence-corrected chi connectivity index (χ1v) is 7.35. The second kappa shape index (κ2) is 5.05. The number of nitrogens with zero attached hydrogens (tertiary/aromatic N) is 1. The lowest BCUT2D eigenvalue weighted by Crippen LogP contribution is -2.30. The van der Waals surface area contributed by atoms with Crippen molar-refractivity contribution in [3.63, 3.8) is 0 Å². The van der Waals surface area contributed by atoms with Gasteiger partial charge in [0, 0.05) is 20.2 Å². The quantitative estimate of drug-likeness (QED) is 0.853. The van der Waals surface area contributed by atoms with E-state index in [4.69, 9.17) is 22.1 Å². The summed E-state index contributed by atoms with van der Waals surface area (Å²) in [5.41, 5.74) is 5.89. The molecule has 1 aromatic carbocycles. The van der Waals surface area contributed by atoms with Crippen LogP contribution in [0, 0.1) is 0 Å². The van der Waals surface area contributed by atoms with Gasteiger partial charge >= 0.3 is 0 Å². The molecule has 0 saturated carbocycles. The Kier molecular flexibility index (Phi) is 3.82. The number of methoxy groups -OCH3 is 1. The second-order valence-electron chi connectivity index (χ2n) is 4.17. The number of nitrogens with two attached hydrogens (primary N) is 1. The van der Waals surface area contributed by atoms with Crippen LogP contribution in [0.5, 0.6) is 0 Å². The number of rotatable bonds is 3. The number of sulfonamides is 1. The lowest BCUT2D eigenvalue weighted by molar-refractivity contribution is 0.115. The Morgan fingerprint density at radius 2 is 2.22 bits per heavy atom. The molecule has 1 fully saturated rings. The largest absolute Gasteiger partial charge is 0.398 e. The maximum atomic E-state index is 12.4. The van der Waals surface area contributed by atoms with Crippen LogP contribution in [0.25, 0.3) is 0 Å². The van der Waals surface area contributed by atoms with E-state index >= 15 is 0 Å². The smallest absolute Gasteiger partial charge is 0.246 e. The Bertz CT molecular complexity index is 527. The predicted molar refractivity (Wildman–Crippen MR) is 70.0 cm³/mol. The van der Waals surface area contributed by atoms with Crippen LogP contribution >= 0.6 is 11.6 Å². The second-order valence-corrected chi connectivity index (χ2v) is 6.45. The van der Waals surface area contributed by atoms with Gasteiger partial charge in [-0.25, -0.2) is 8.42 Å². The summed E-state index contributed by atoms with van der Waals surface area (Å²) in [5, 5.41) is 0.149. The van der Waals surface area contributed by atoms with Gasteiger partial charge in [0.2, 0.25) is 10.0 Å². The van der Waals surface area contributed by atoms with E-state index in [-0.39, 0.29) is 21.7 Å². The van der Waals surface area contributed by atoms with E-state index in [2.05, 4.69) is 0 Å². The summed E-state index contributed by atoms with van der Waals surface area (Å²) in [5.74, 6) is 0. The standard InChI is InChI=1S/C11H15ClN2O3S/c1-17-8-5-6-14(7-8)18(15,16)11-9(12)3-2-4-10(11)13/h2-4,8H,5-7,13H2,1H3. The molecule has 0 aromatic heterocycles. The number of nitrogen functional groups attached to an aromatic ring is 1. The van der Waals surface area contributed by atoms with Gasteiger partial charge in [-0.15, -0.1) is 0 Å². The SMILES string of the molecule is COC1CCN(S(=O)(=O)c2c(N)cccc2Cl)C1. The van der Waals surface area contributed by atoms with Crippen LogP contribution in [0.3, 0.4) is 0 Å². The molecule has 7 heteroatoms. The number of hydrogen-bond donors (Lipinski definition) is 1. The number of ether oxygens (including phenoxy) is 1. The molecule has 1 unspecified atom stereocenters. The molecule has 1 aromatic rings. The maximum Gasteiger partial charge on any atom is 0.246 e. The molecule has 5 nitrogen and oxygen atoms in total. The number of halogens is 1. The number of anilines is 1. The molecular formula is C11H15ClN2O3S. The molecule has 0 bridgehead atoms. The van der Waals surface area contributed by atoms with Crippen molar-refractivity contribution in [3.05, 3.63) is 23.2 Å². The highest BCUT2D eigenvalue weighted by atomic mass is 35.5. The predicted octanol–water partition coefficient (Wildman–Crippen LogP) is 1.33. The summed E-state index contributed by atoms with van der Waals surface area (Å²) in [4.78, 5) is -0.0107. The normalized spacial score (nSPS) is 21.3. The third-order valence-electron chi connectivity index (χ3n) is 3.04.